The lowest BCUT2D eigenvalue weighted by molar-refractivity contribution is -0.153. The second-order valence-electron chi connectivity index (χ2n) is 12.9. The maximum absolute atomic E-state index is 13.9. The van der Waals surface area contributed by atoms with Gasteiger partial charge in [-0.25, -0.2) is 4.79 Å². The number of methoxy groups -OCH3 is 1. The summed E-state index contributed by atoms with van der Waals surface area (Å²) in [5.41, 5.74) is 2.08. The molecular formula is C42H35ClF2N6O6S2. The molecule has 12 nitrogen and oxygen atoms in total. The van der Waals surface area contributed by atoms with Gasteiger partial charge in [0, 0.05) is 23.2 Å². The molecule has 1 aromatic heterocycles. The van der Waals surface area contributed by atoms with Crippen LogP contribution in [0.25, 0.3) is 0 Å². The van der Waals surface area contributed by atoms with E-state index in [1.807, 2.05) is 91.0 Å². The highest BCUT2D eigenvalue weighted by molar-refractivity contribution is 8.00. The number of amides is 2. The quantitative estimate of drug-likeness (QED) is 0.0264. The van der Waals surface area contributed by atoms with Crippen molar-refractivity contribution in [2.24, 2.45) is 5.16 Å². The Labute approximate surface area is 351 Å². The fraction of sp³-hybridized carbons (Fsp3) is 0.190. The molecule has 4 aromatic carbocycles. The molecule has 2 N–H and O–H groups in total. The first-order valence-corrected chi connectivity index (χ1v) is 20.4. The van der Waals surface area contributed by atoms with Gasteiger partial charge >= 0.3 is 12.6 Å². The number of fused-ring (bicyclic) bond motifs is 1. The van der Waals surface area contributed by atoms with Gasteiger partial charge in [0.1, 0.15) is 35.0 Å². The lowest BCUT2D eigenvalue weighted by Gasteiger charge is -2.49. The van der Waals surface area contributed by atoms with Crippen LogP contribution in [0.3, 0.4) is 0 Å². The molecule has 2 amide bonds. The average Bonchev–Trinajstić information content (AvgIpc) is 3.74. The molecule has 0 aliphatic carbocycles. The molecule has 59 heavy (non-hydrogen) atoms. The van der Waals surface area contributed by atoms with Crippen LogP contribution in [0, 0.1) is 0 Å². The lowest BCUT2D eigenvalue weighted by Crippen LogP contribution is -2.71. The van der Waals surface area contributed by atoms with Gasteiger partial charge in [-0.2, -0.15) is 18.1 Å². The highest BCUT2D eigenvalue weighted by atomic mass is 35.5. The van der Waals surface area contributed by atoms with Crippen LogP contribution >= 0.6 is 34.9 Å². The Morgan fingerprint density at radius 1 is 0.966 bits per heavy atom. The van der Waals surface area contributed by atoms with E-state index in [1.165, 1.54) is 16.7 Å². The third-order valence-corrected chi connectivity index (χ3v) is 11.5. The van der Waals surface area contributed by atoms with Gasteiger partial charge in [0.2, 0.25) is 16.7 Å². The van der Waals surface area contributed by atoms with E-state index in [-0.39, 0.29) is 34.9 Å². The molecule has 7 rings (SSSR count). The summed E-state index contributed by atoms with van der Waals surface area (Å²) in [7, 11) is 1.54. The first-order valence-electron chi connectivity index (χ1n) is 18.1. The normalized spacial score (nSPS) is 16.7. The number of oxime groups is 1. The van der Waals surface area contributed by atoms with E-state index in [2.05, 4.69) is 30.0 Å². The predicted molar refractivity (Wildman–Crippen MR) is 221 cm³/mol. The molecule has 2 aliphatic heterocycles. The van der Waals surface area contributed by atoms with E-state index >= 15 is 0 Å². The third-order valence-electron chi connectivity index (χ3n) is 9.41. The number of ether oxygens (including phenoxy) is 2. The monoisotopic (exact) mass is 856 g/mol. The number of esters is 1. The fourth-order valence-electron chi connectivity index (χ4n) is 6.68. The number of hydrogen-bond donors (Lipinski definition) is 2. The van der Waals surface area contributed by atoms with Crippen molar-refractivity contribution in [1.82, 2.24) is 19.6 Å². The molecule has 2 atom stereocenters. The Morgan fingerprint density at radius 2 is 1.58 bits per heavy atom. The summed E-state index contributed by atoms with van der Waals surface area (Å²) in [5, 5.41) is 9.02. The van der Waals surface area contributed by atoms with Gasteiger partial charge in [0.05, 0.1) is 7.11 Å². The first-order chi connectivity index (χ1) is 28.7. The Hall–Kier alpha value is -6.10. The Balaban J connectivity index is 1.14. The zero-order valence-corrected chi connectivity index (χ0v) is 33.6. The van der Waals surface area contributed by atoms with E-state index in [0.717, 1.165) is 28.2 Å². The van der Waals surface area contributed by atoms with Crippen LogP contribution in [0.5, 0.6) is 5.75 Å². The molecule has 0 radical (unpaired) electrons. The number of aromatic nitrogens is 2. The van der Waals surface area contributed by atoms with Crippen molar-refractivity contribution >= 4 is 63.5 Å². The number of halogens is 3. The number of carbonyl (C=O) groups is 3. The Bertz CT molecular complexity index is 2270. The Morgan fingerprint density at radius 3 is 2.14 bits per heavy atom. The topological polar surface area (TPSA) is 144 Å². The van der Waals surface area contributed by atoms with Crippen LogP contribution in [0.2, 0.25) is 0 Å². The minimum atomic E-state index is -3.37. The number of carbonyl (C=O) groups excluding carboxylic acids is 3. The number of allylic oxidation sites excluding steroid dienone is 2. The molecule has 3 heterocycles. The molecule has 5 aromatic rings. The van der Waals surface area contributed by atoms with Gasteiger partial charge in [-0.05, 0) is 40.0 Å². The van der Waals surface area contributed by atoms with Gasteiger partial charge in [-0.1, -0.05) is 120 Å². The maximum Gasteiger partial charge on any atom is 0.407 e. The van der Waals surface area contributed by atoms with Crippen molar-refractivity contribution in [1.29, 1.82) is 0 Å². The van der Waals surface area contributed by atoms with Crippen LogP contribution in [0.4, 0.5) is 13.9 Å². The van der Waals surface area contributed by atoms with Crippen LogP contribution in [-0.2, 0) is 36.1 Å². The molecule has 1 saturated heterocycles. The van der Waals surface area contributed by atoms with E-state index in [0.29, 0.717) is 16.9 Å². The largest absolute Gasteiger partial charge is 0.497 e. The standard InChI is InChI=1S/C42H35ClF2N6O6S2/c1-55-31-21-19-26(20-22-31)24-56-39(54)34-27(12-11-23-43)25-58-38-33(37(53)51(34)38)46-36(52)32(49-57-40(44)45)35-47-41(59-50-35)48-42(28-13-5-2-6-14-28,29-15-7-3-8-16-29)30-17-9-4-10-18-30/h2-22,33,38,40H,23-25H2,1H3,(H,46,52)(H,47,48,50)/b12-11-,49-32+/t33-,38-/m1/s1. The number of alkyl halides is 3. The van der Waals surface area contributed by atoms with Crippen molar-refractivity contribution in [2.45, 2.75) is 30.2 Å². The number of nitrogens with one attached hydrogen (secondary N) is 2. The summed E-state index contributed by atoms with van der Waals surface area (Å²) < 4.78 is 41.9. The number of rotatable bonds is 16. The summed E-state index contributed by atoms with van der Waals surface area (Å²) in [4.78, 5) is 51.2. The minimum Gasteiger partial charge on any atom is -0.497 e. The van der Waals surface area contributed by atoms with E-state index < -0.39 is 47.1 Å². The zero-order valence-electron chi connectivity index (χ0n) is 31.2. The van der Waals surface area contributed by atoms with Gasteiger partial charge < -0.3 is 24.9 Å². The molecule has 17 heteroatoms. The SMILES string of the molecule is COc1ccc(COC(=O)C2=C(/C=C\CCl)CS[C@@H]3[C@H](NC(=O)/C(=N/OC(F)F)c4nsc(NC(c5ccccc5)(c5ccccc5)c5ccccc5)n4)C(=O)N23)cc1. The number of β-lactam (4-membered cyclic amide) rings is 1. The molecule has 2 aliphatic rings. The van der Waals surface area contributed by atoms with Crippen LogP contribution < -0.4 is 15.4 Å². The maximum atomic E-state index is 13.9. The van der Waals surface area contributed by atoms with E-state index in [1.54, 1.807) is 43.5 Å². The molecule has 1 fully saturated rings. The number of thioether (sulfide) groups is 1. The van der Waals surface area contributed by atoms with Gasteiger partial charge in [0.25, 0.3) is 11.8 Å². The van der Waals surface area contributed by atoms with Gasteiger partial charge in [-0.15, -0.1) is 23.4 Å². The highest BCUT2D eigenvalue weighted by Crippen LogP contribution is 2.42. The van der Waals surface area contributed by atoms with Crippen LogP contribution in [0.15, 0.2) is 144 Å². The van der Waals surface area contributed by atoms with Crippen molar-refractivity contribution in [3.05, 3.63) is 167 Å². The number of anilines is 1. The number of benzene rings is 4. The predicted octanol–water partition coefficient (Wildman–Crippen LogP) is 7.09. The van der Waals surface area contributed by atoms with Crippen molar-refractivity contribution in [2.75, 3.05) is 24.1 Å². The molecular weight excluding hydrogens is 822 g/mol. The van der Waals surface area contributed by atoms with Crippen molar-refractivity contribution in [3.63, 3.8) is 0 Å². The second kappa shape index (κ2) is 18.7. The summed E-state index contributed by atoms with van der Waals surface area (Å²) in [6, 6.07) is 34.7. The molecule has 0 unspecified atom stereocenters. The Kier molecular flexibility index (Phi) is 13.0. The fourth-order valence-corrected chi connectivity index (χ4v) is 8.72. The summed E-state index contributed by atoms with van der Waals surface area (Å²) in [6.45, 7) is -3.45. The van der Waals surface area contributed by atoms with E-state index in [9.17, 15) is 23.2 Å². The summed E-state index contributed by atoms with van der Waals surface area (Å²) in [6.07, 6.45) is 3.28. The summed E-state index contributed by atoms with van der Waals surface area (Å²) >= 11 is 8.05. The number of hydrogen-bond acceptors (Lipinski definition) is 12. The van der Waals surface area contributed by atoms with Crippen molar-refractivity contribution in [3.8, 4) is 5.75 Å². The lowest BCUT2D eigenvalue weighted by atomic mass is 9.77. The first kappa shape index (κ1) is 41.1. The summed E-state index contributed by atoms with van der Waals surface area (Å²) in [5.74, 6) is -1.69. The van der Waals surface area contributed by atoms with Gasteiger partial charge in [0.15, 0.2) is 0 Å². The minimum absolute atomic E-state index is 0.00432. The van der Waals surface area contributed by atoms with Crippen molar-refractivity contribution < 1.29 is 37.5 Å². The highest BCUT2D eigenvalue weighted by Gasteiger charge is 2.54. The van der Waals surface area contributed by atoms with Gasteiger partial charge in [-0.3, -0.25) is 14.5 Å². The molecule has 0 saturated carbocycles. The number of nitrogens with zero attached hydrogens (tertiary/aromatic N) is 4. The molecule has 0 bridgehead atoms. The average molecular weight is 857 g/mol. The second-order valence-corrected chi connectivity index (χ2v) is 15.1. The van der Waals surface area contributed by atoms with Crippen LogP contribution in [0.1, 0.15) is 28.1 Å². The van der Waals surface area contributed by atoms with Crippen LogP contribution in [-0.4, -0.2) is 74.5 Å². The van der Waals surface area contributed by atoms with E-state index in [4.69, 9.17) is 21.1 Å². The molecule has 302 valence electrons. The third kappa shape index (κ3) is 8.84. The zero-order chi connectivity index (χ0) is 41.4. The molecule has 0 spiro atoms. The smallest absolute Gasteiger partial charge is 0.407 e.